The smallest absolute Gasteiger partial charge is 0.426 e. The van der Waals surface area contributed by atoms with Crippen LogP contribution in [-0.4, -0.2) is 0 Å². The van der Waals surface area contributed by atoms with E-state index in [1.807, 2.05) is 6.92 Å². The summed E-state index contributed by atoms with van der Waals surface area (Å²) >= 11 is 0. The average molecular weight is 399 g/mol. The summed E-state index contributed by atoms with van der Waals surface area (Å²) in [6.07, 6.45) is 6.25. The molecule has 3 rings (SSSR count). The van der Waals surface area contributed by atoms with E-state index in [9.17, 15) is 13.2 Å². The SMILES string of the molecule is CC=CCC1CCC(c2ccc(C(F)(F)Oc3ccc(C#N)c(F)c3)cc2)CC1. The summed E-state index contributed by atoms with van der Waals surface area (Å²) in [5.41, 5.74) is 0.566. The van der Waals surface area contributed by atoms with Crippen LogP contribution in [0, 0.1) is 23.1 Å². The van der Waals surface area contributed by atoms with Crippen LogP contribution >= 0.6 is 0 Å². The standard InChI is InChI=1S/C24H24F3NO/c1-2-3-4-17-5-7-18(8-6-17)19-9-12-21(13-10-19)24(26,27)29-22-14-11-20(16-28)23(25)15-22/h2-3,9-15,17-18H,4-8H2,1H3. The lowest BCUT2D eigenvalue weighted by molar-refractivity contribution is -0.185. The minimum atomic E-state index is -3.59. The van der Waals surface area contributed by atoms with Crippen LogP contribution in [0.15, 0.2) is 54.6 Å². The number of nitriles is 1. The molecule has 0 heterocycles. The molecule has 2 aromatic rings. The Morgan fingerprint density at radius 2 is 1.79 bits per heavy atom. The van der Waals surface area contributed by atoms with Crippen LogP contribution < -0.4 is 4.74 Å². The van der Waals surface area contributed by atoms with Gasteiger partial charge in [-0.1, -0.05) is 24.3 Å². The highest BCUT2D eigenvalue weighted by molar-refractivity contribution is 5.37. The second kappa shape index (κ2) is 9.17. The van der Waals surface area contributed by atoms with E-state index in [-0.39, 0.29) is 16.9 Å². The number of benzene rings is 2. The molecule has 29 heavy (non-hydrogen) atoms. The molecule has 1 aliphatic rings. The van der Waals surface area contributed by atoms with Crippen molar-refractivity contribution in [3.63, 3.8) is 0 Å². The van der Waals surface area contributed by atoms with Gasteiger partial charge in [-0.15, -0.1) is 0 Å². The quantitative estimate of drug-likeness (QED) is 0.487. The largest absolute Gasteiger partial charge is 0.429 e. The number of halogens is 3. The highest BCUT2D eigenvalue weighted by Gasteiger charge is 2.35. The number of alkyl halides is 2. The van der Waals surface area contributed by atoms with Gasteiger partial charge in [-0.2, -0.15) is 14.0 Å². The molecule has 0 aromatic heterocycles. The lowest BCUT2D eigenvalue weighted by Gasteiger charge is -2.28. The maximum Gasteiger partial charge on any atom is 0.426 e. The molecule has 2 aromatic carbocycles. The van der Waals surface area contributed by atoms with Gasteiger partial charge in [-0.05, 0) is 80.7 Å². The topological polar surface area (TPSA) is 33.0 Å². The van der Waals surface area contributed by atoms with Gasteiger partial charge in [0.15, 0.2) is 0 Å². The average Bonchev–Trinajstić information content (AvgIpc) is 2.72. The summed E-state index contributed by atoms with van der Waals surface area (Å²) in [5.74, 6) is -0.100. The Bertz CT molecular complexity index is 891. The molecular formula is C24H24F3NO. The predicted molar refractivity (Wildman–Crippen MR) is 106 cm³/mol. The van der Waals surface area contributed by atoms with Crippen molar-refractivity contribution < 1.29 is 17.9 Å². The first-order valence-electron chi connectivity index (χ1n) is 9.91. The van der Waals surface area contributed by atoms with Gasteiger partial charge in [0, 0.05) is 6.07 Å². The van der Waals surface area contributed by atoms with Crippen molar-refractivity contribution in [2.45, 2.75) is 51.1 Å². The van der Waals surface area contributed by atoms with E-state index < -0.39 is 11.9 Å². The number of ether oxygens (including phenoxy) is 1. The van der Waals surface area contributed by atoms with E-state index >= 15 is 0 Å². The van der Waals surface area contributed by atoms with E-state index in [0.717, 1.165) is 55.9 Å². The maximum atomic E-state index is 14.5. The Kier molecular flexibility index (Phi) is 6.64. The Balaban J connectivity index is 1.64. The van der Waals surface area contributed by atoms with Gasteiger partial charge in [-0.3, -0.25) is 0 Å². The third kappa shape index (κ3) is 5.20. The maximum absolute atomic E-state index is 14.5. The third-order valence-electron chi connectivity index (χ3n) is 5.58. The van der Waals surface area contributed by atoms with Crippen molar-refractivity contribution in [2.24, 2.45) is 5.92 Å². The monoisotopic (exact) mass is 399 g/mol. The molecule has 0 saturated heterocycles. The van der Waals surface area contributed by atoms with Crippen LogP contribution in [0.1, 0.15) is 61.6 Å². The fourth-order valence-electron chi connectivity index (χ4n) is 3.87. The Morgan fingerprint density at radius 1 is 1.10 bits per heavy atom. The zero-order valence-corrected chi connectivity index (χ0v) is 16.4. The number of rotatable bonds is 6. The number of nitrogens with zero attached hydrogens (tertiary/aromatic N) is 1. The molecule has 0 unspecified atom stereocenters. The fraction of sp³-hybridized carbons (Fsp3) is 0.375. The molecule has 0 radical (unpaired) electrons. The van der Waals surface area contributed by atoms with Crippen LogP contribution in [0.4, 0.5) is 13.2 Å². The second-order valence-corrected chi connectivity index (χ2v) is 7.52. The fourth-order valence-corrected chi connectivity index (χ4v) is 3.87. The predicted octanol–water partition coefficient (Wildman–Crippen LogP) is 7.07. The first-order chi connectivity index (χ1) is 13.9. The molecule has 0 bridgehead atoms. The van der Waals surface area contributed by atoms with Crippen molar-refractivity contribution in [1.82, 2.24) is 0 Å². The van der Waals surface area contributed by atoms with Gasteiger partial charge in [-0.25, -0.2) is 4.39 Å². The summed E-state index contributed by atoms with van der Waals surface area (Å²) in [5, 5.41) is 8.72. The summed E-state index contributed by atoms with van der Waals surface area (Å²) in [4.78, 5) is 0. The molecule has 152 valence electrons. The first kappa shape index (κ1) is 21.0. The number of hydrogen-bond acceptors (Lipinski definition) is 2. The van der Waals surface area contributed by atoms with Crippen molar-refractivity contribution >= 4 is 0 Å². The van der Waals surface area contributed by atoms with Crippen molar-refractivity contribution in [3.05, 3.63) is 77.1 Å². The number of hydrogen-bond donors (Lipinski definition) is 0. The second-order valence-electron chi connectivity index (χ2n) is 7.52. The molecule has 1 fully saturated rings. The van der Waals surface area contributed by atoms with Crippen LogP contribution in [0.2, 0.25) is 0 Å². The van der Waals surface area contributed by atoms with E-state index in [2.05, 4.69) is 12.2 Å². The summed E-state index contributed by atoms with van der Waals surface area (Å²) in [6.45, 7) is 2.03. The highest BCUT2D eigenvalue weighted by Crippen LogP contribution is 2.38. The molecule has 2 nitrogen and oxygen atoms in total. The van der Waals surface area contributed by atoms with Crippen molar-refractivity contribution in [2.75, 3.05) is 0 Å². The molecule has 0 N–H and O–H groups in total. The van der Waals surface area contributed by atoms with E-state index in [4.69, 9.17) is 10.00 Å². The molecule has 0 atom stereocenters. The molecular weight excluding hydrogens is 375 g/mol. The van der Waals surface area contributed by atoms with Gasteiger partial charge in [0.05, 0.1) is 11.1 Å². The van der Waals surface area contributed by atoms with Crippen LogP contribution in [0.5, 0.6) is 5.75 Å². The van der Waals surface area contributed by atoms with Crippen molar-refractivity contribution in [3.8, 4) is 11.8 Å². The molecule has 1 aliphatic carbocycles. The molecule has 0 amide bonds. The van der Waals surface area contributed by atoms with Gasteiger partial charge in [0.1, 0.15) is 17.6 Å². The van der Waals surface area contributed by atoms with Gasteiger partial charge in [0.25, 0.3) is 0 Å². The summed E-state index contributed by atoms with van der Waals surface area (Å²) in [6, 6.07) is 11.0. The minimum Gasteiger partial charge on any atom is -0.429 e. The zero-order valence-electron chi connectivity index (χ0n) is 16.4. The number of allylic oxidation sites excluding steroid dienone is 2. The summed E-state index contributed by atoms with van der Waals surface area (Å²) in [7, 11) is 0. The van der Waals surface area contributed by atoms with E-state index in [1.54, 1.807) is 18.2 Å². The Labute approximate surface area is 169 Å². The molecule has 5 heteroatoms. The van der Waals surface area contributed by atoms with Crippen LogP contribution in [0.25, 0.3) is 0 Å². The van der Waals surface area contributed by atoms with Crippen LogP contribution in [-0.2, 0) is 6.11 Å². The molecule has 0 spiro atoms. The highest BCUT2D eigenvalue weighted by atomic mass is 19.3. The van der Waals surface area contributed by atoms with E-state index in [1.165, 1.54) is 12.1 Å². The van der Waals surface area contributed by atoms with Gasteiger partial charge < -0.3 is 4.74 Å². The lowest BCUT2D eigenvalue weighted by Crippen LogP contribution is -2.22. The lowest BCUT2D eigenvalue weighted by atomic mass is 9.77. The van der Waals surface area contributed by atoms with E-state index in [0.29, 0.717) is 11.8 Å². The van der Waals surface area contributed by atoms with Gasteiger partial charge in [0.2, 0.25) is 0 Å². The molecule has 0 aliphatic heterocycles. The Hall–Kier alpha value is -2.74. The Morgan fingerprint density at radius 3 is 2.38 bits per heavy atom. The van der Waals surface area contributed by atoms with Crippen molar-refractivity contribution in [1.29, 1.82) is 5.26 Å². The zero-order chi connectivity index (χ0) is 20.9. The first-order valence-corrected chi connectivity index (χ1v) is 9.91. The normalized spacial score (nSPS) is 19.8. The van der Waals surface area contributed by atoms with Crippen LogP contribution in [0.3, 0.4) is 0 Å². The van der Waals surface area contributed by atoms with Gasteiger partial charge >= 0.3 is 6.11 Å². The summed E-state index contributed by atoms with van der Waals surface area (Å²) < 4.78 is 47.3. The third-order valence-corrected chi connectivity index (χ3v) is 5.58. The molecule has 1 saturated carbocycles. The minimum absolute atomic E-state index is 0.217.